The largest absolute Gasteiger partial charge is 0.339 e. The molecule has 84 valence electrons. The molecule has 3 aromatic rings. The molecule has 0 radical (unpaired) electrons. The maximum atomic E-state index is 4.40. The van der Waals surface area contributed by atoms with Gasteiger partial charge in [0.15, 0.2) is 5.65 Å². The molecular formula is C12H10N4S. The Hall–Kier alpha value is -1.88. The van der Waals surface area contributed by atoms with Gasteiger partial charge in [0.05, 0.1) is 11.9 Å². The Bertz CT molecular complexity index is 587. The van der Waals surface area contributed by atoms with Crippen molar-refractivity contribution in [3.05, 3.63) is 48.7 Å². The number of nitrogens with zero attached hydrogens (tertiary/aromatic N) is 3. The first-order valence-corrected chi connectivity index (χ1v) is 6.23. The summed E-state index contributed by atoms with van der Waals surface area (Å²) in [6.45, 7) is 0. The van der Waals surface area contributed by atoms with Crippen molar-refractivity contribution in [1.82, 2.24) is 19.9 Å². The van der Waals surface area contributed by atoms with E-state index in [1.165, 1.54) is 11.2 Å². The van der Waals surface area contributed by atoms with Crippen molar-refractivity contribution in [2.45, 2.75) is 10.6 Å². The lowest BCUT2D eigenvalue weighted by Crippen LogP contribution is -1.82. The topological polar surface area (TPSA) is 54.5 Å². The molecule has 0 unspecified atom stereocenters. The maximum absolute atomic E-state index is 4.40. The second kappa shape index (κ2) is 4.55. The van der Waals surface area contributed by atoms with Gasteiger partial charge in [-0.05, 0) is 12.1 Å². The van der Waals surface area contributed by atoms with Gasteiger partial charge in [0.25, 0.3) is 0 Å². The SMILES string of the molecule is c1ccc(SCc2nc3ncncc3[nH]2)cc1. The lowest BCUT2D eigenvalue weighted by atomic mass is 10.4. The van der Waals surface area contributed by atoms with Crippen LogP contribution in [-0.4, -0.2) is 19.9 Å². The van der Waals surface area contributed by atoms with E-state index in [1.54, 1.807) is 18.0 Å². The third kappa shape index (κ3) is 2.29. The van der Waals surface area contributed by atoms with Gasteiger partial charge < -0.3 is 4.98 Å². The standard InChI is InChI=1S/C12H10N4S/c1-2-4-9(5-3-1)17-7-11-15-10-6-13-8-14-12(10)16-11/h1-6,8H,7H2,(H,13,14,15,16). The summed E-state index contributed by atoms with van der Waals surface area (Å²) in [5.74, 6) is 1.73. The number of thioether (sulfide) groups is 1. The molecule has 2 heterocycles. The van der Waals surface area contributed by atoms with Crippen molar-refractivity contribution >= 4 is 22.9 Å². The summed E-state index contributed by atoms with van der Waals surface area (Å²) in [5, 5.41) is 0. The summed E-state index contributed by atoms with van der Waals surface area (Å²) in [4.78, 5) is 16.9. The number of H-pyrrole nitrogens is 1. The second-order valence-corrected chi connectivity index (χ2v) is 4.59. The third-order valence-corrected chi connectivity index (χ3v) is 3.35. The number of rotatable bonds is 3. The molecule has 5 heteroatoms. The van der Waals surface area contributed by atoms with Gasteiger partial charge in [0.1, 0.15) is 17.7 Å². The minimum Gasteiger partial charge on any atom is -0.339 e. The highest BCUT2D eigenvalue weighted by Crippen LogP contribution is 2.21. The molecule has 1 N–H and O–H groups in total. The summed E-state index contributed by atoms with van der Waals surface area (Å²) in [6.07, 6.45) is 3.25. The molecule has 0 bridgehead atoms. The maximum Gasteiger partial charge on any atom is 0.180 e. The molecule has 0 amide bonds. The van der Waals surface area contributed by atoms with Crippen LogP contribution in [0.2, 0.25) is 0 Å². The van der Waals surface area contributed by atoms with Gasteiger partial charge in [-0.1, -0.05) is 18.2 Å². The molecule has 0 aliphatic carbocycles. The number of imidazole rings is 1. The predicted octanol–water partition coefficient (Wildman–Crippen LogP) is 2.65. The number of benzene rings is 1. The zero-order chi connectivity index (χ0) is 11.5. The molecule has 0 spiro atoms. The Morgan fingerprint density at radius 1 is 1.18 bits per heavy atom. The molecule has 0 atom stereocenters. The molecule has 17 heavy (non-hydrogen) atoms. The van der Waals surface area contributed by atoms with Gasteiger partial charge in [-0.2, -0.15) is 0 Å². The summed E-state index contributed by atoms with van der Waals surface area (Å²) < 4.78 is 0. The lowest BCUT2D eigenvalue weighted by Gasteiger charge is -1.97. The molecule has 0 aliphatic rings. The second-order valence-electron chi connectivity index (χ2n) is 3.55. The van der Waals surface area contributed by atoms with Crippen LogP contribution in [0.5, 0.6) is 0 Å². The first-order valence-electron chi connectivity index (χ1n) is 5.24. The lowest BCUT2D eigenvalue weighted by molar-refractivity contribution is 1.13. The fourth-order valence-electron chi connectivity index (χ4n) is 1.55. The smallest absolute Gasteiger partial charge is 0.180 e. The van der Waals surface area contributed by atoms with Crippen LogP contribution in [0.3, 0.4) is 0 Å². The van der Waals surface area contributed by atoms with Gasteiger partial charge >= 0.3 is 0 Å². The van der Waals surface area contributed by atoms with Crippen molar-refractivity contribution in [2.75, 3.05) is 0 Å². The first kappa shape index (κ1) is 10.3. The molecule has 0 aliphatic heterocycles. The monoisotopic (exact) mass is 242 g/mol. The molecule has 2 aromatic heterocycles. The van der Waals surface area contributed by atoms with Gasteiger partial charge in [-0.3, -0.25) is 0 Å². The fourth-order valence-corrected chi connectivity index (χ4v) is 2.34. The van der Waals surface area contributed by atoms with Crippen molar-refractivity contribution in [2.24, 2.45) is 0 Å². The zero-order valence-corrected chi connectivity index (χ0v) is 9.81. The van der Waals surface area contributed by atoms with E-state index in [2.05, 4.69) is 32.1 Å². The van der Waals surface area contributed by atoms with Crippen LogP contribution in [0.4, 0.5) is 0 Å². The quantitative estimate of drug-likeness (QED) is 0.717. The highest BCUT2D eigenvalue weighted by molar-refractivity contribution is 7.98. The van der Waals surface area contributed by atoms with Crippen molar-refractivity contribution in [1.29, 1.82) is 0 Å². The minimum atomic E-state index is 0.726. The predicted molar refractivity (Wildman–Crippen MR) is 67.7 cm³/mol. The van der Waals surface area contributed by atoms with Crippen LogP contribution < -0.4 is 0 Å². The summed E-state index contributed by atoms with van der Waals surface area (Å²) in [6, 6.07) is 10.3. The van der Waals surface area contributed by atoms with Crippen LogP contribution in [0.15, 0.2) is 47.8 Å². The average molecular weight is 242 g/mol. The Kier molecular flexibility index (Phi) is 2.75. The Morgan fingerprint density at radius 2 is 2.06 bits per heavy atom. The van der Waals surface area contributed by atoms with E-state index in [0.29, 0.717) is 0 Å². The molecule has 0 saturated carbocycles. The van der Waals surface area contributed by atoms with Gasteiger partial charge in [-0.15, -0.1) is 11.8 Å². The highest BCUT2D eigenvalue weighted by atomic mass is 32.2. The Labute approximate surface area is 103 Å². The molecular weight excluding hydrogens is 232 g/mol. The molecule has 4 nitrogen and oxygen atoms in total. The zero-order valence-electron chi connectivity index (χ0n) is 9.00. The summed E-state index contributed by atoms with van der Waals surface area (Å²) in [7, 11) is 0. The summed E-state index contributed by atoms with van der Waals surface area (Å²) >= 11 is 1.75. The van der Waals surface area contributed by atoms with Crippen molar-refractivity contribution in [3.63, 3.8) is 0 Å². The van der Waals surface area contributed by atoms with Crippen LogP contribution >= 0.6 is 11.8 Å². The van der Waals surface area contributed by atoms with Crippen molar-refractivity contribution in [3.8, 4) is 0 Å². The number of aromatic nitrogens is 4. The number of hydrogen-bond donors (Lipinski definition) is 1. The van der Waals surface area contributed by atoms with E-state index in [4.69, 9.17) is 0 Å². The van der Waals surface area contributed by atoms with Crippen LogP contribution in [0.1, 0.15) is 5.82 Å². The van der Waals surface area contributed by atoms with E-state index < -0.39 is 0 Å². The normalized spacial score (nSPS) is 10.8. The van der Waals surface area contributed by atoms with E-state index in [-0.39, 0.29) is 0 Å². The molecule has 3 rings (SSSR count). The molecule has 0 saturated heterocycles. The van der Waals surface area contributed by atoms with Gasteiger partial charge in [0, 0.05) is 4.90 Å². The fraction of sp³-hybridized carbons (Fsp3) is 0.0833. The van der Waals surface area contributed by atoms with Crippen LogP contribution in [-0.2, 0) is 5.75 Å². The minimum absolute atomic E-state index is 0.726. The van der Waals surface area contributed by atoms with Crippen LogP contribution in [0, 0.1) is 0 Å². The average Bonchev–Trinajstić information content (AvgIpc) is 2.80. The number of hydrogen-bond acceptors (Lipinski definition) is 4. The van der Waals surface area contributed by atoms with Gasteiger partial charge in [-0.25, -0.2) is 15.0 Å². The highest BCUT2D eigenvalue weighted by Gasteiger charge is 2.03. The van der Waals surface area contributed by atoms with E-state index >= 15 is 0 Å². The number of nitrogens with one attached hydrogen (secondary N) is 1. The molecule has 0 fully saturated rings. The van der Waals surface area contributed by atoms with E-state index in [0.717, 1.165) is 22.7 Å². The Morgan fingerprint density at radius 3 is 2.88 bits per heavy atom. The number of aromatic amines is 1. The summed E-state index contributed by atoms with van der Waals surface area (Å²) in [5.41, 5.74) is 1.61. The third-order valence-electron chi connectivity index (χ3n) is 2.33. The van der Waals surface area contributed by atoms with E-state index in [1.807, 2.05) is 18.2 Å². The van der Waals surface area contributed by atoms with Crippen LogP contribution in [0.25, 0.3) is 11.2 Å². The van der Waals surface area contributed by atoms with Gasteiger partial charge in [0.2, 0.25) is 0 Å². The molecule has 1 aromatic carbocycles. The Balaban J connectivity index is 1.77. The first-order chi connectivity index (χ1) is 8.42. The number of fused-ring (bicyclic) bond motifs is 1. The van der Waals surface area contributed by atoms with Crippen molar-refractivity contribution < 1.29 is 0 Å². The van der Waals surface area contributed by atoms with E-state index in [9.17, 15) is 0 Å².